The zero-order chi connectivity index (χ0) is 35.9. The van der Waals surface area contributed by atoms with E-state index >= 15 is 0 Å². The van der Waals surface area contributed by atoms with Crippen LogP contribution in [0, 0.1) is 21.7 Å². The van der Waals surface area contributed by atoms with Crippen LogP contribution in [0.1, 0.15) is 149 Å². The molecule has 0 spiro atoms. The van der Waals surface area contributed by atoms with E-state index in [0.717, 1.165) is 38.6 Å². The van der Waals surface area contributed by atoms with Gasteiger partial charge in [-0.05, 0) is 90.0 Å². The SMILES string of the molecule is C.C.C.CC(C)(C)CC1=CCC=N1.CC(C)(C)Cc1c[nH]c2ccccc12.CC(C)(C)Cc1ccc(O)cc1.CC(N)=NCCCC(C)(C)C. The summed E-state index contributed by atoms with van der Waals surface area (Å²) in [5, 5.41) is 10.4. The van der Waals surface area contributed by atoms with Gasteiger partial charge in [-0.15, -0.1) is 0 Å². The number of nitrogens with two attached hydrogens (primary N) is 1. The Hall–Kier alpha value is -3.34. The molecule has 4 N–H and O–H groups in total. The van der Waals surface area contributed by atoms with E-state index in [0.29, 0.717) is 33.2 Å². The maximum atomic E-state index is 9.05. The Labute approximate surface area is 310 Å². The molecule has 286 valence electrons. The molecule has 0 radical (unpaired) electrons. The van der Waals surface area contributed by atoms with Crippen LogP contribution in [-0.2, 0) is 12.8 Å². The number of H-pyrrole nitrogens is 1. The Morgan fingerprint density at radius 3 is 1.76 bits per heavy atom. The van der Waals surface area contributed by atoms with Crippen LogP contribution in [0.15, 0.2) is 76.5 Å². The molecule has 0 fully saturated rings. The van der Waals surface area contributed by atoms with Gasteiger partial charge in [0.1, 0.15) is 5.75 Å². The third-order valence-electron chi connectivity index (χ3n) is 6.94. The molecule has 1 aromatic heterocycles. The van der Waals surface area contributed by atoms with E-state index in [-0.39, 0.29) is 22.3 Å². The Bertz CT molecular complexity index is 1390. The highest BCUT2D eigenvalue weighted by Gasteiger charge is 2.15. The van der Waals surface area contributed by atoms with Crippen molar-refractivity contribution in [3.63, 3.8) is 0 Å². The molecule has 0 unspecified atom stereocenters. The number of allylic oxidation sites excluding steroid dienone is 2. The smallest absolute Gasteiger partial charge is 0.115 e. The number of aromatic hydroxyl groups is 1. The Morgan fingerprint density at radius 1 is 0.760 bits per heavy atom. The van der Waals surface area contributed by atoms with Crippen molar-refractivity contribution < 1.29 is 5.11 Å². The molecule has 0 bridgehead atoms. The third-order valence-corrected chi connectivity index (χ3v) is 6.94. The number of hydrogen-bond acceptors (Lipinski definition) is 3. The highest BCUT2D eigenvalue weighted by atomic mass is 16.3. The van der Waals surface area contributed by atoms with E-state index in [1.807, 2.05) is 25.3 Å². The summed E-state index contributed by atoms with van der Waals surface area (Å²) in [6, 6.07) is 15.9. The second-order valence-electron chi connectivity index (χ2n) is 17.7. The van der Waals surface area contributed by atoms with Gasteiger partial charge in [0, 0.05) is 42.0 Å². The first-order valence-electron chi connectivity index (χ1n) is 17.3. The lowest BCUT2D eigenvalue weighted by atomic mass is 9.88. The molecule has 0 saturated heterocycles. The van der Waals surface area contributed by atoms with Crippen LogP contribution in [0.2, 0.25) is 0 Å². The Morgan fingerprint density at radius 2 is 1.30 bits per heavy atom. The fourth-order valence-corrected chi connectivity index (χ4v) is 5.01. The van der Waals surface area contributed by atoms with Gasteiger partial charge >= 0.3 is 0 Å². The normalized spacial score (nSPS) is 12.7. The predicted molar refractivity (Wildman–Crippen MR) is 229 cm³/mol. The number of benzene rings is 2. The van der Waals surface area contributed by atoms with Gasteiger partial charge in [0.15, 0.2) is 0 Å². The highest BCUT2D eigenvalue weighted by molar-refractivity contribution is 5.83. The van der Waals surface area contributed by atoms with Crippen molar-refractivity contribution in [3.8, 4) is 5.75 Å². The molecule has 0 amide bonds. The van der Waals surface area contributed by atoms with Crippen molar-refractivity contribution in [3.05, 3.63) is 77.6 Å². The number of para-hydroxylation sites is 1. The average molecular weight is 693 g/mol. The molecule has 2 aromatic carbocycles. The van der Waals surface area contributed by atoms with Gasteiger partial charge < -0.3 is 15.8 Å². The van der Waals surface area contributed by atoms with Gasteiger partial charge in [-0.25, -0.2) is 0 Å². The van der Waals surface area contributed by atoms with Crippen LogP contribution < -0.4 is 5.73 Å². The minimum Gasteiger partial charge on any atom is -0.508 e. The molecular weight excluding hydrogens is 613 g/mol. The first-order valence-corrected chi connectivity index (χ1v) is 17.3. The van der Waals surface area contributed by atoms with Gasteiger partial charge in [0.25, 0.3) is 0 Å². The van der Waals surface area contributed by atoms with Crippen LogP contribution in [0.5, 0.6) is 5.75 Å². The maximum absolute atomic E-state index is 9.05. The van der Waals surface area contributed by atoms with Gasteiger partial charge in [-0.3, -0.25) is 9.98 Å². The molecular formula is C45H80N4O. The average Bonchev–Trinajstić information content (AvgIpc) is 3.56. The number of aromatic amines is 1. The predicted octanol–water partition coefficient (Wildman–Crippen LogP) is 13.6. The number of aliphatic imine (C=N–C) groups is 2. The molecule has 1 aliphatic heterocycles. The van der Waals surface area contributed by atoms with Crippen LogP contribution in [0.4, 0.5) is 0 Å². The number of phenolic OH excluding ortho intramolecular Hbond substituents is 1. The van der Waals surface area contributed by atoms with E-state index in [1.54, 1.807) is 12.1 Å². The molecule has 0 saturated carbocycles. The summed E-state index contributed by atoms with van der Waals surface area (Å²) < 4.78 is 0. The molecule has 5 heteroatoms. The second kappa shape index (κ2) is 23.2. The number of phenols is 1. The fraction of sp³-hybridized carbons (Fsp3) is 0.600. The second-order valence-corrected chi connectivity index (χ2v) is 17.7. The lowest BCUT2D eigenvalue weighted by Gasteiger charge is -2.17. The van der Waals surface area contributed by atoms with E-state index in [9.17, 15) is 0 Å². The Kier molecular flexibility index (Phi) is 23.7. The van der Waals surface area contributed by atoms with Crippen molar-refractivity contribution in [2.45, 2.75) is 151 Å². The van der Waals surface area contributed by atoms with Crippen LogP contribution in [0.3, 0.4) is 0 Å². The summed E-state index contributed by atoms with van der Waals surface area (Å²) in [5.41, 5.74) is 12.1. The van der Waals surface area contributed by atoms with Gasteiger partial charge in [0.2, 0.25) is 0 Å². The summed E-state index contributed by atoms with van der Waals surface area (Å²) in [4.78, 5) is 11.7. The van der Waals surface area contributed by atoms with E-state index in [1.165, 1.54) is 34.1 Å². The lowest BCUT2D eigenvalue weighted by Crippen LogP contribution is -2.08. The first kappa shape index (κ1) is 51.0. The minimum atomic E-state index is 0. The maximum Gasteiger partial charge on any atom is 0.115 e. The number of rotatable bonds is 6. The largest absolute Gasteiger partial charge is 0.508 e. The Balaban J connectivity index is -0.000000582. The van der Waals surface area contributed by atoms with Crippen LogP contribution in [0.25, 0.3) is 10.9 Å². The van der Waals surface area contributed by atoms with E-state index < -0.39 is 0 Å². The third kappa shape index (κ3) is 26.5. The van der Waals surface area contributed by atoms with Crippen LogP contribution in [-0.4, -0.2) is 28.7 Å². The van der Waals surface area contributed by atoms with Crippen molar-refractivity contribution in [2.75, 3.05) is 6.54 Å². The topological polar surface area (TPSA) is 86.8 Å². The van der Waals surface area contributed by atoms with Crippen molar-refractivity contribution >= 4 is 23.0 Å². The summed E-state index contributed by atoms with van der Waals surface area (Å²) in [6.45, 7) is 29.6. The lowest BCUT2D eigenvalue weighted by molar-refractivity contribution is 0.368. The molecule has 4 rings (SSSR count). The molecule has 3 aromatic rings. The number of amidine groups is 1. The zero-order valence-electron chi connectivity index (χ0n) is 32.2. The van der Waals surface area contributed by atoms with Crippen molar-refractivity contribution in [1.82, 2.24) is 4.98 Å². The fourth-order valence-electron chi connectivity index (χ4n) is 5.01. The standard InChI is InChI=1S/C13H17N.C11H16O.C9H20N2.C9H15N.3CH4/c1-13(2,3)8-10-9-14-12-7-5-4-6-11(10)12;1-11(2,3)8-9-4-6-10(12)7-5-9;1-8(10)11-7-5-6-9(2,3)4;1-9(2,3)7-8-5-4-6-10-8;;;/h4-7,9,14H,8H2,1-3H3;4-7,12H,8H2,1-3H3;5-7H2,1-4H3,(H2,10,11);5-6H,4,7H2,1-3H3;3*1H4. The number of fused-ring (bicyclic) bond motifs is 1. The molecule has 0 aliphatic carbocycles. The molecule has 0 atom stereocenters. The summed E-state index contributed by atoms with van der Waals surface area (Å²) >= 11 is 0. The highest BCUT2D eigenvalue weighted by Crippen LogP contribution is 2.27. The number of nitrogens with one attached hydrogen (secondary N) is 1. The van der Waals surface area contributed by atoms with Gasteiger partial charge in [-0.1, -0.05) is 142 Å². The first-order chi connectivity index (χ1) is 21.5. The van der Waals surface area contributed by atoms with Crippen molar-refractivity contribution in [2.24, 2.45) is 37.4 Å². The number of hydrogen-bond donors (Lipinski definition) is 3. The number of aromatic nitrogens is 1. The summed E-state index contributed by atoms with van der Waals surface area (Å²) in [6.07, 6.45) is 13.0. The minimum absolute atomic E-state index is 0. The number of nitrogens with zero attached hydrogens (tertiary/aromatic N) is 2. The molecule has 50 heavy (non-hydrogen) atoms. The zero-order valence-corrected chi connectivity index (χ0v) is 32.2. The van der Waals surface area contributed by atoms with Gasteiger partial charge in [0.05, 0.1) is 5.84 Å². The quantitative estimate of drug-likeness (QED) is 0.136. The molecule has 5 nitrogen and oxygen atoms in total. The van der Waals surface area contributed by atoms with Crippen molar-refractivity contribution in [1.29, 1.82) is 0 Å². The molecule has 2 heterocycles. The van der Waals surface area contributed by atoms with Crippen LogP contribution >= 0.6 is 0 Å². The van der Waals surface area contributed by atoms with E-state index in [4.69, 9.17) is 10.8 Å². The van der Waals surface area contributed by atoms with E-state index in [2.05, 4.69) is 135 Å². The van der Waals surface area contributed by atoms with Gasteiger partial charge in [-0.2, -0.15) is 0 Å². The monoisotopic (exact) mass is 693 g/mol. The molecule has 1 aliphatic rings. The summed E-state index contributed by atoms with van der Waals surface area (Å²) in [7, 11) is 0. The summed E-state index contributed by atoms with van der Waals surface area (Å²) in [5.74, 6) is 1.03.